The Morgan fingerprint density at radius 3 is 2.63 bits per heavy atom. The monoisotopic (exact) mass is 260 g/mol. The van der Waals surface area contributed by atoms with Crippen molar-refractivity contribution >= 4 is 5.91 Å². The molecule has 0 radical (unpaired) electrons. The van der Waals surface area contributed by atoms with E-state index in [9.17, 15) is 4.79 Å². The van der Waals surface area contributed by atoms with Crippen molar-refractivity contribution in [2.45, 2.75) is 51.6 Å². The minimum atomic E-state index is -0.527. The van der Waals surface area contributed by atoms with E-state index in [-0.39, 0.29) is 5.91 Å². The van der Waals surface area contributed by atoms with Gasteiger partial charge in [-0.3, -0.25) is 4.79 Å². The summed E-state index contributed by atoms with van der Waals surface area (Å²) in [4.78, 5) is 14.5. The minimum absolute atomic E-state index is 0.0678. The third-order valence-electron chi connectivity index (χ3n) is 4.04. The number of rotatable bonds is 2. The number of hydrogen-bond donors (Lipinski definition) is 1. The fourth-order valence-electron chi connectivity index (χ4n) is 2.70. The first-order valence-corrected chi connectivity index (χ1v) is 7.22. The third-order valence-corrected chi connectivity index (χ3v) is 4.04. The van der Waals surface area contributed by atoms with Gasteiger partial charge >= 0.3 is 0 Å². The first-order chi connectivity index (χ1) is 9.09. The van der Waals surface area contributed by atoms with Gasteiger partial charge in [0.1, 0.15) is 6.04 Å². The number of amides is 1. The van der Waals surface area contributed by atoms with Crippen molar-refractivity contribution in [1.29, 1.82) is 0 Å². The van der Waals surface area contributed by atoms with Crippen LogP contribution in [0.3, 0.4) is 0 Å². The molecule has 0 aliphatic carbocycles. The molecule has 1 aromatic carbocycles. The zero-order chi connectivity index (χ0) is 13.8. The van der Waals surface area contributed by atoms with Crippen LogP contribution < -0.4 is 5.73 Å². The second-order valence-electron chi connectivity index (χ2n) is 5.62. The molecule has 1 amide bonds. The highest BCUT2D eigenvalue weighted by Crippen LogP contribution is 2.21. The highest BCUT2D eigenvalue weighted by molar-refractivity contribution is 5.83. The number of benzene rings is 1. The quantitative estimate of drug-likeness (QED) is 0.888. The number of carbonyl (C=O) groups excluding carboxylic acids is 1. The molecule has 104 valence electrons. The molecule has 3 nitrogen and oxygen atoms in total. The van der Waals surface area contributed by atoms with Crippen molar-refractivity contribution in [2.75, 3.05) is 6.54 Å². The lowest BCUT2D eigenvalue weighted by molar-refractivity contribution is -0.134. The predicted octanol–water partition coefficient (Wildman–Crippen LogP) is 2.79. The topological polar surface area (TPSA) is 46.3 Å². The van der Waals surface area contributed by atoms with Crippen LogP contribution in [0.2, 0.25) is 0 Å². The molecular weight excluding hydrogens is 236 g/mol. The van der Waals surface area contributed by atoms with Gasteiger partial charge in [0, 0.05) is 12.6 Å². The van der Waals surface area contributed by atoms with Gasteiger partial charge in [-0.1, -0.05) is 42.7 Å². The van der Waals surface area contributed by atoms with Gasteiger partial charge in [0.05, 0.1) is 0 Å². The van der Waals surface area contributed by atoms with Gasteiger partial charge in [0.25, 0.3) is 0 Å². The maximum atomic E-state index is 12.5. The van der Waals surface area contributed by atoms with Crippen LogP contribution in [0.4, 0.5) is 0 Å². The molecule has 1 aliphatic rings. The van der Waals surface area contributed by atoms with Crippen LogP contribution in [0, 0.1) is 6.92 Å². The van der Waals surface area contributed by atoms with Crippen molar-refractivity contribution in [1.82, 2.24) is 4.90 Å². The lowest BCUT2D eigenvalue weighted by Gasteiger charge is -2.29. The Morgan fingerprint density at radius 1 is 1.26 bits per heavy atom. The largest absolute Gasteiger partial charge is 0.338 e. The Morgan fingerprint density at radius 2 is 1.95 bits per heavy atom. The molecule has 1 aliphatic heterocycles. The van der Waals surface area contributed by atoms with E-state index < -0.39 is 6.04 Å². The minimum Gasteiger partial charge on any atom is -0.338 e. The molecule has 1 aromatic rings. The Labute approximate surface area is 115 Å². The molecule has 2 unspecified atom stereocenters. The first-order valence-electron chi connectivity index (χ1n) is 7.22. The van der Waals surface area contributed by atoms with E-state index in [0.717, 1.165) is 24.9 Å². The molecule has 0 saturated carbocycles. The standard InChI is InChI=1S/C16H24N2O/c1-12-7-9-14(10-8-12)15(17)16(19)18-11-5-3-4-6-13(18)2/h7-10,13,15H,3-6,11,17H2,1-2H3. The molecule has 1 heterocycles. The molecule has 2 N–H and O–H groups in total. The van der Waals surface area contributed by atoms with E-state index in [4.69, 9.17) is 5.73 Å². The van der Waals surface area contributed by atoms with Crippen molar-refractivity contribution in [3.05, 3.63) is 35.4 Å². The SMILES string of the molecule is Cc1ccc(C(N)C(=O)N2CCCCCC2C)cc1. The Bertz CT molecular complexity index is 427. The zero-order valence-electron chi connectivity index (χ0n) is 11.9. The fourth-order valence-corrected chi connectivity index (χ4v) is 2.70. The van der Waals surface area contributed by atoms with E-state index in [1.165, 1.54) is 18.4 Å². The summed E-state index contributed by atoms with van der Waals surface area (Å²) in [5.74, 6) is 0.0678. The zero-order valence-corrected chi connectivity index (χ0v) is 11.9. The van der Waals surface area contributed by atoms with E-state index in [1.807, 2.05) is 36.1 Å². The molecular formula is C16H24N2O. The summed E-state index contributed by atoms with van der Waals surface area (Å²) in [7, 11) is 0. The first kappa shape index (κ1) is 14.1. The van der Waals surface area contributed by atoms with Crippen molar-refractivity contribution < 1.29 is 4.79 Å². The number of aryl methyl sites for hydroxylation is 1. The van der Waals surface area contributed by atoms with Crippen molar-refractivity contribution in [3.8, 4) is 0 Å². The lowest BCUT2D eigenvalue weighted by atomic mass is 10.0. The number of hydrogen-bond acceptors (Lipinski definition) is 2. The molecule has 0 aromatic heterocycles. The van der Waals surface area contributed by atoms with Crippen LogP contribution in [0.5, 0.6) is 0 Å². The highest BCUT2D eigenvalue weighted by Gasteiger charge is 2.27. The van der Waals surface area contributed by atoms with Gasteiger partial charge < -0.3 is 10.6 Å². The van der Waals surface area contributed by atoms with E-state index in [0.29, 0.717) is 6.04 Å². The molecule has 0 spiro atoms. The lowest BCUT2D eigenvalue weighted by Crippen LogP contribution is -2.43. The van der Waals surface area contributed by atoms with Crippen LogP contribution >= 0.6 is 0 Å². The van der Waals surface area contributed by atoms with Crippen LogP contribution in [0.25, 0.3) is 0 Å². The number of carbonyl (C=O) groups is 1. The van der Waals surface area contributed by atoms with Gasteiger partial charge in [0.2, 0.25) is 5.91 Å². The van der Waals surface area contributed by atoms with E-state index >= 15 is 0 Å². The van der Waals surface area contributed by atoms with Gasteiger partial charge in [-0.2, -0.15) is 0 Å². The summed E-state index contributed by atoms with van der Waals surface area (Å²) in [6, 6.07) is 7.72. The van der Waals surface area contributed by atoms with Gasteiger partial charge in [0.15, 0.2) is 0 Å². The van der Waals surface area contributed by atoms with Crippen LogP contribution in [0.1, 0.15) is 49.8 Å². The normalized spacial score (nSPS) is 21.8. The summed E-state index contributed by atoms with van der Waals surface area (Å²) in [5, 5.41) is 0. The van der Waals surface area contributed by atoms with Crippen molar-refractivity contribution in [2.24, 2.45) is 5.73 Å². The summed E-state index contributed by atoms with van der Waals surface area (Å²) >= 11 is 0. The van der Waals surface area contributed by atoms with Gasteiger partial charge in [-0.05, 0) is 32.3 Å². The van der Waals surface area contributed by atoms with Crippen LogP contribution in [-0.4, -0.2) is 23.4 Å². The maximum Gasteiger partial charge on any atom is 0.244 e. The molecule has 0 bridgehead atoms. The third kappa shape index (κ3) is 3.35. The molecule has 3 heteroatoms. The highest BCUT2D eigenvalue weighted by atomic mass is 16.2. The Balaban J connectivity index is 2.11. The molecule has 1 saturated heterocycles. The summed E-state index contributed by atoms with van der Waals surface area (Å²) in [6.45, 7) is 5.01. The van der Waals surface area contributed by atoms with E-state index in [2.05, 4.69) is 6.92 Å². The van der Waals surface area contributed by atoms with Crippen LogP contribution in [0.15, 0.2) is 24.3 Å². The Kier molecular flexibility index (Phi) is 4.59. The molecule has 2 rings (SSSR count). The number of likely N-dealkylation sites (tertiary alicyclic amines) is 1. The summed E-state index contributed by atoms with van der Waals surface area (Å²) < 4.78 is 0. The second kappa shape index (κ2) is 6.20. The van der Waals surface area contributed by atoms with E-state index in [1.54, 1.807) is 0 Å². The average molecular weight is 260 g/mol. The predicted molar refractivity (Wildman–Crippen MR) is 77.8 cm³/mol. The second-order valence-corrected chi connectivity index (χ2v) is 5.62. The van der Waals surface area contributed by atoms with Gasteiger partial charge in [-0.25, -0.2) is 0 Å². The molecule has 1 fully saturated rings. The fraction of sp³-hybridized carbons (Fsp3) is 0.562. The number of nitrogens with two attached hydrogens (primary N) is 1. The molecule has 19 heavy (non-hydrogen) atoms. The summed E-state index contributed by atoms with van der Waals surface area (Å²) in [6.07, 6.45) is 4.61. The van der Waals surface area contributed by atoms with Gasteiger partial charge in [-0.15, -0.1) is 0 Å². The smallest absolute Gasteiger partial charge is 0.244 e. The maximum absolute atomic E-state index is 12.5. The summed E-state index contributed by atoms with van der Waals surface area (Å²) in [5.41, 5.74) is 8.24. The molecule has 2 atom stereocenters. The number of nitrogens with zero attached hydrogens (tertiary/aromatic N) is 1. The Hall–Kier alpha value is -1.35. The van der Waals surface area contributed by atoms with Crippen LogP contribution in [-0.2, 0) is 4.79 Å². The average Bonchev–Trinajstić information content (AvgIpc) is 2.63. The van der Waals surface area contributed by atoms with Crippen molar-refractivity contribution in [3.63, 3.8) is 0 Å².